The molecule has 0 aliphatic heterocycles. The first kappa shape index (κ1) is 5.03. The van der Waals surface area contributed by atoms with Crippen LogP contribution in [0.2, 0.25) is 0 Å². The Morgan fingerprint density at radius 2 is 2.29 bits per heavy atom. The van der Waals surface area contributed by atoms with Gasteiger partial charge < -0.3 is 0 Å². The van der Waals surface area contributed by atoms with E-state index in [1.54, 1.807) is 7.11 Å². The van der Waals surface area contributed by atoms with Crippen LogP contribution in [0.25, 0.3) is 0 Å². The van der Waals surface area contributed by atoms with E-state index in [0.717, 1.165) is 0 Å². The Labute approximate surface area is 43.0 Å². The van der Waals surface area contributed by atoms with E-state index in [4.69, 9.17) is 0 Å². The van der Waals surface area contributed by atoms with E-state index < -0.39 is 0 Å². The van der Waals surface area contributed by atoms with E-state index in [-0.39, 0.29) is 0 Å². The molecule has 1 fully saturated rings. The molecular weight excluding hydrogens is 92.1 g/mol. The second kappa shape index (κ2) is 2.26. The van der Waals surface area contributed by atoms with Crippen molar-refractivity contribution in [2.45, 2.75) is 18.9 Å². The van der Waals surface area contributed by atoms with Gasteiger partial charge in [-0.3, -0.25) is 4.84 Å². The van der Waals surface area contributed by atoms with Gasteiger partial charge >= 0.3 is 0 Å². The average Bonchev–Trinajstić information content (AvgIpc) is 2.42. The van der Waals surface area contributed by atoms with Gasteiger partial charge in [0.1, 0.15) is 0 Å². The molecule has 0 unspecified atom stereocenters. The summed E-state index contributed by atoms with van der Waals surface area (Å²) >= 11 is 0. The summed E-state index contributed by atoms with van der Waals surface area (Å²) in [5, 5.41) is 0. The molecule has 3 heteroatoms. The Morgan fingerprint density at radius 3 is 2.71 bits per heavy atom. The third kappa shape index (κ3) is 1.87. The summed E-state index contributed by atoms with van der Waals surface area (Å²) in [7, 11) is 1.59. The monoisotopic (exact) mass is 102 g/mol. The minimum Gasteiger partial charge on any atom is -0.290 e. The quantitative estimate of drug-likeness (QED) is 0.484. The summed E-state index contributed by atoms with van der Waals surface area (Å²) in [5.41, 5.74) is 5.49. The molecule has 0 heterocycles. The lowest BCUT2D eigenvalue weighted by Gasteiger charge is -1.98. The van der Waals surface area contributed by atoms with Gasteiger partial charge in [0.25, 0.3) is 0 Å². The zero-order valence-electron chi connectivity index (χ0n) is 4.40. The molecule has 0 bridgehead atoms. The molecule has 3 nitrogen and oxygen atoms in total. The Hall–Kier alpha value is -0.120. The van der Waals surface area contributed by atoms with Crippen molar-refractivity contribution in [2.24, 2.45) is 0 Å². The molecule has 0 spiro atoms. The minimum absolute atomic E-state index is 0.667. The average molecular weight is 102 g/mol. The maximum atomic E-state index is 4.53. The standard InChI is InChI=1S/C4H10N2O/c1-7-6-5-4-2-3-4/h4-6H,2-3H2,1H3. The predicted octanol–water partition coefficient (Wildman–Crippen LogP) is -0.196. The molecule has 0 aromatic heterocycles. The van der Waals surface area contributed by atoms with E-state index in [1.807, 2.05) is 0 Å². The molecule has 1 aliphatic carbocycles. The lowest BCUT2D eigenvalue weighted by atomic mass is 10.8. The molecule has 7 heavy (non-hydrogen) atoms. The topological polar surface area (TPSA) is 33.3 Å². The summed E-state index contributed by atoms with van der Waals surface area (Å²) < 4.78 is 0. The fraction of sp³-hybridized carbons (Fsp3) is 1.00. The minimum atomic E-state index is 0.667. The van der Waals surface area contributed by atoms with Crippen LogP contribution in [0.3, 0.4) is 0 Å². The van der Waals surface area contributed by atoms with Crippen LogP contribution in [0.15, 0.2) is 0 Å². The molecule has 0 saturated heterocycles. The van der Waals surface area contributed by atoms with Gasteiger partial charge in [-0.25, -0.2) is 5.43 Å². The van der Waals surface area contributed by atoms with Crippen LogP contribution in [0.5, 0.6) is 0 Å². The number of nitrogens with one attached hydrogen (secondary N) is 2. The summed E-state index contributed by atoms with van der Waals surface area (Å²) in [6, 6.07) is 0.667. The lowest BCUT2D eigenvalue weighted by Crippen LogP contribution is -2.32. The normalized spacial score (nSPS) is 20.1. The van der Waals surface area contributed by atoms with Crippen LogP contribution in [-0.4, -0.2) is 13.2 Å². The van der Waals surface area contributed by atoms with Crippen LogP contribution in [-0.2, 0) is 4.84 Å². The van der Waals surface area contributed by atoms with Crippen LogP contribution in [0.4, 0.5) is 0 Å². The molecule has 0 atom stereocenters. The molecule has 0 radical (unpaired) electrons. The molecule has 2 N–H and O–H groups in total. The van der Waals surface area contributed by atoms with Crippen molar-refractivity contribution in [2.75, 3.05) is 7.11 Å². The largest absolute Gasteiger partial charge is 0.290 e. The van der Waals surface area contributed by atoms with Crippen molar-refractivity contribution in [3.8, 4) is 0 Å². The molecule has 0 aromatic rings. The fourth-order valence-electron chi connectivity index (χ4n) is 0.370. The highest BCUT2D eigenvalue weighted by atomic mass is 16.7. The van der Waals surface area contributed by atoms with Crippen LogP contribution in [0.1, 0.15) is 12.8 Å². The molecule has 42 valence electrons. The molecular formula is C4H10N2O. The zero-order chi connectivity index (χ0) is 5.11. The number of hydrogen-bond donors (Lipinski definition) is 2. The molecule has 0 aromatic carbocycles. The van der Waals surface area contributed by atoms with Crippen molar-refractivity contribution in [1.29, 1.82) is 0 Å². The third-order valence-corrected chi connectivity index (χ3v) is 0.942. The van der Waals surface area contributed by atoms with Crippen LogP contribution >= 0.6 is 0 Å². The van der Waals surface area contributed by atoms with Crippen molar-refractivity contribution >= 4 is 0 Å². The Balaban J connectivity index is 1.80. The Morgan fingerprint density at radius 1 is 1.57 bits per heavy atom. The van der Waals surface area contributed by atoms with Crippen LogP contribution < -0.4 is 11.0 Å². The van der Waals surface area contributed by atoms with Gasteiger partial charge in [0.05, 0.1) is 7.11 Å². The van der Waals surface area contributed by atoms with Gasteiger partial charge in [-0.2, -0.15) is 0 Å². The maximum Gasteiger partial charge on any atom is 0.0588 e. The SMILES string of the molecule is CONNC1CC1. The van der Waals surface area contributed by atoms with Crippen molar-refractivity contribution < 1.29 is 4.84 Å². The molecule has 1 aliphatic rings. The van der Waals surface area contributed by atoms with E-state index in [0.29, 0.717) is 6.04 Å². The van der Waals surface area contributed by atoms with Gasteiger partial charge in [-0.1, -0.05) is 0 Å². The first-order valence-corrected chi connectivity index (χ1v) is 2.47. The van der Waals surface area contributed by atoms with Crippen molar-refractivity contribution in [1.82, 2.24) is 11.0 Å². The summed E-state index contributed by atoms with van der Waals surface area (Å²) in [5.74, 6) is 0. The molecule has 1 saturated carbocycles. The highest BCUT2D eigenvalue weighted by Crippen LogP contribution is 2.17. The highest BCUT2D eigenvalue weighted by molar-refractivity contribution is 4.77. The van der Waals surface area contributed by atoms with Crippen molar-refractivity contribution in [3.63, 3.8) is 0 Å². The number of rotatable bonds is 3. The summed E-state index contributed by atoms with van der Waals surface area (Å²) in [6.45, 7) is 0. The Bertz CT molecular complexity index is 53.7. The second-order valence-electron chi connectivity index (χ2n) is 1.72. The van der Waals surface area contributed by atoms with Gasteiger partial charge in [0, 0.05) is 6.04 Å². The first-order valence-electron chi connectivity index (χ1n) is 2.47. The van der Waals surface area contributed by atoms with E-state index in [1.165, 1.54) is 12.8 Å². The molecule has 1 rings (SSSR count). The smallest absolute Gasteiger partial charge is 0.0588 e. The second-order valence-corrected chi connectivity index (χ2v) is 1.72. The summed E-state index contributed by atoms with van der Waals surface area (Å²) in [4.78, 5) is 4.53. The highest BCUT2D eigenvalue weighted by Gasteiger charge is 2.19. The summed E-state index contributed by atoms with van der Waals surface area (Å²) in [6.07, 6.45) is 2.55. The van der Waals surface area contributed by atoms with Gasteiger partial charge in [0.15, 0.2) is 0 Å². The number of hydrogen-bond acceptors (Lipinski definition) is 3. The van der Waals surface area contributed by atoms with Crippen LogP contribution in [0, 0.1) is 0 Å². The molecule has 0 amide bonds. The van der Waals surface area contributed by atoms with E-state index in [9.17, 15) is 0 Å². The van der Waals surface area contributed by atoms with Gasteiger partial charge in [0.2, 0.25) is 0 Å². The van der Waals surface area contributed by atoms with E-state index >= 15 is 0 Å². The van der Waals surface area contributed by atoms with Gasteiger partial charge in [-0.15, -0.1) is 5.59 Å². The van der Waals surface area contributed by atoms with Crippen molar-refractivity contribution in [3.05, 3.63) is 0 Å². The zero-order valence-corrected chi connectivity index (χ0v) is 4.40. The Kier molecular flexibility index (Phi) is 1.62. The van der Waals surface area contributed by atoms with Gasteiger partial charge in [-0.05, 0) is 12.8 Å². The van der Waals surface area contributed by atoms with E-state index in [2.05, 4.69) is 15.9 Å². The maximum absolute atomic E-state index is 4.53. The third-order valence-electron chi connectivity index (χ3n) is 0.942. The first-order chi connectivity index (χ1) is 3.43. The predicted molar refractivity (Wildman–Crippen MR) is 26.3 cm³/mol. The fourth-order valence-corrected chi connectivity index (χ4v) is 0.370. The number of hydrazine groups is 1. The lowest BCUT2D eigenvalue weighted by molar-refractivity contribution is 0.0536.